The number of carbonyl (C=O) groups is 2. The smallest absolute Gasteiger partial charge is 0.355 e. The maximum Gasteiger partial charge on any atom is 0.355 e. The summed E-state index contributed by atoms with van der Waals surface area (Å²) in [4.78, 5) is 23.9. The van der Waals surface area contributed by atoms with Gasteiger partial charge in [-0.3, -0.25) is 4.79 Å². The van der Waals surface area contributed by atoms with Crippen LogP contribution in [0.4, 0.5) is 0 Å². The summed E-state index contributed by atoms with van der Waals surface area (Å²) in [5.74, 6) is -0.732. The van der Waals surface area contributed by atoms with Crippen LogP contribution in [0.2, 0.25) is 0 Å². The molecule has 1 aliphatic rings. The number of nitrogens with zero attached hydrogens (tertiary/aromatic N) is 1. The van der Waals surface area contributed by atoms with Crippen molar-refractivity contribution in [2.75, 3.05) is 6.54 Å². The molecule has 5 nitrogen and oxygen atoms in total. The first-order chi connectivity index (χ1) is 10.6. The van der Waals surface area contributed by atoms with Gasteiger partial charge in [0.2, 0.25) is 0 Å². The van der Waals surface area contributed by atoms with Crippen LogP contribution in [-0.4, -0.2) is 29.1 Å². The fraction of sp³-hybridized carbons (Fsp3) is 0.529. The van der Waals surface area contributed by atoms with E-state index < -0.39 is 12.1 Å². The van der Waals surface area contributed by atoms with Crippen LogP contribution in [0, 0.1) is 0 Å². The van der Waals surface area contributed by atoms with E-state index in [9.17, 15) is 9.59 Å². The van der Waals surface area contributed by atoms with Crippen LogP contribution in [0.3, 0.4) is 0 Å². The molecular formula is C17H24N2O3. The second-order valence-electron chi connectivity index (χ2n) is 5.70. The SMILES string of the molecule is C[C@H](OC(=O)c1cccn1C)C(=O)NCCC1=CCCCC1. The third-order valence-electron chi connectivity index (χ3n) is 3.94. The molecule has 1 aromatic heterocycles. The molecule has 0 aliphatic heterocycles. The van der Waals surface area contributed by atoms with Gasteiger partial charge in [0, 0.05) is 19.8 Å². The van der Waals surface area contributed by atoms with E-state index in [1.54, 1.807) is 36.9 Å². The molecule has 1 atom stereocenters. The molecule has 1 amide bonds. The van der Waals surface area contributed by atoms with Gasteiger partial charge < -0.3 is 14.6 Å². The predicted octanol–water partition coefficient (Wildman–Crippen LogP) is 2.58. The zero-order chi connectivity index (χ0) is 15.9. The molecule has 1 N–H and O–H groups in total. The summed E-state index contributed by atoms with van der Waals surface area (Å²) in [6.45, 7) is 2.19. The van der Waals surface area contributed by atoms with E-state index in [0.29, 0.717) is 12.2 Å². The molecule has 2 rings (SSSR count). The fourth-order valence-electron chi connectivity index (χ4n) is 2.57. The first-order valence-corrected chi connectivity index (χ1v) is 7.86. The Morgan fingerprint density at radius 2 is 2.23 bits per heavy atom. The van der Waals surface area contributed by atoms with Crippen molar-refractivity contribution in [3.8, 4) is 0 Å². The molecule has 5 heteroatoms. The summed E-state index contributed by atoms with van der Waals surface area (Å²) in [6, 6.07) is 3.43. The van der Waals surface area contributed by atoms with Crippen molar-refractivity contribution >= 4 is 11.9 Å². The molecule has 0 fully saturated rings. The fourth-order valence-corrected chi connectivity index (χ4v) is 2.57. The van der Waals surface area contributed by atoms with E-state index in [1.165, 1.54) is 18.4 Å². The molecule has 0 unspecified atom stereocenters. The number of hydrogen-bond acceptors (Lipinski definition) is 3. The van der Waals surface area contributed by atoms with Crippen molar-refractivity contribution < 1.29 is 14.3 Å². The van der Waals surface area contributed by atoms with E-state index >= 15 is 0 Å². The monoisotopic (exact) mass is 304 g/mol. The highest BCUT2D eigenvalue weighted by Gasteiger charge is 2.20. The lowest BCUT2D eigenvalue weighted by Gasteiger charge is -2.15. The van der Waals surface area contributed by atoms with Crippen molar-refractivity contribution in [1.29, 1.82) is 0 Å². The Balaban J connectivity index is 1.73. The summed E-state index contributed by atoms with van der Waals surface area (Å²) >= 11 is 0. The number of hydrogen-bond donors (Lipinski definition) is 1. The quantitative estimate of drug-likeness (QED) is 0.649. The molecule has 1 aliphatic carbocycles. The van der Waals surface area contributed by atoms with Crippen LogP contribution < -0.4 is 5.32 Å². The highest BCUT2D eigenvalue weighted by molar-refractivity contribution is 5.90. The minimum Gasteiger partial charge on any atom is -0.448 e. The number of esters is 1. The van der Waals surface area contributed by atoms with Crippen molar-refractivity contribution in [3.05, 3.63) is 35.7 Å². The highest BCUT2D eigenvalue weighted by Crippen LogP contribution is 2.19. The number of allylic oxidation sites excluding steroid dienone is 1. The molecule has 0 aromatic carbocycles. The standard InChI is InChI=1S/C17H24N2O3/c1-13(22-17(21)15-9-6-12-19(15)2)16(20)18-11-10-14-7-4-3-5-8-14/h6-7,9,12-13H,3-5,8,10-11H2,1-2H3,(H,18,20)/t13-/m0/s1. The minimum atomic E-state index is -0.789. The average Bonchev–Trinajstić information content (AvgIpc) is 2.94. The first-order valence-electron chi connectivity index (χ1n) is 7.86. The van der Waals surface area contributed by atoms with Gasteiger partial charge in [0.05, 0.1) is 0 Å². The third kappa shape index (κ3) is 4.48. The molecule has 1 aromatic rings. The molecular weight excluding hydrogens is 280 g/mol. The Morgan fingerprint density at radius 1 is 1.41 bits per heavy atom. The summed E-state index contributed by atoms with van der Waals surface area (Å²) in [6.07, 6.45) is 8.91. The maximum atomic E-state index is 12.0. The Hall–Kier alpha value is -2.04. The molecule has 0 radical (unpaired) electrons. The zero-order valence-corrected chi connectivity index (χ0v) is 13.3. The van der Waals surface area contributed by atoms with Gasteiger partial charge in [-0.05, 0) is 51.2 Å². The van der Waals surface area contributed by atoms with Gasteiger partial charge in [-0.15, -0.1) is 0 Å². The van der Waals surface area contributed by atoms with Crippen LogP contribution >= 0.6 is 0 Å². The number of nitrogens with one attached hydrogen (secondary N) is 1. The van der Waals surface area contributed by atoms with Crippen LogP contribution in [0.5, 0.6) is 0 Å². The van der Waals surface area contributed by atoms with Crippen LogP contribution in [0.15, 0.2) is 30.0 Å². The molecule has 0 saturated carbocycles. The largest absolute Gasteiger partial charge is 0.448 e. The Labute approximate surface area is 131 Å². The lowest BCUT2D eigenvalue weighted by Crippen LogP contribution is -2.36. The summed E-state index contributed by atoms with van der Waals surface area (Å²) < 4.78 is 6.86. The molecule has 0 saturated heterocycles. The summed E-state index contributed by atoms with van der Waals surface area (Å²) in [5, 5.41) is 2.83. The normalized spacial score (nSPS) is 15.8. The number of aryl methyl sites for hydroxylation is 1. The zero-order valence-electron chi connectivity index (χ0n) is 13.3. The Morgan fingerprint density at radius 3 is 2.86 bits per heavy atom. The Kier molecular flexibility index (Phi) is 5.81. The lowest BCUT2D eigenvalue weighted by molar-refractivity contribution is -0.129. The minimum absolute atomic E-state index is 0.251. The van der Waals surface area contributed by atoms with Crippen molar-refractivity contribution in [1.82, 2.24) is 9.88 Å². The van der Waals surface area contributed by atoms with Gasteiger partial charge in [-0.2, -0.15) is 0 Å². The first kappa shape index (κ1) is 16.3. The number of ether oxygens (including phenoxy) is 1. The molecule has 1 heterocycles. The van der Waals surface area contributed by atoms with E-state index in [-0.39, 0.29) is 5.91 Å². The van der Waals surface area contributed by atoms with Crippen molar-refractivity contribution in [3.63, 3.8) is 0 Å². The maximum absolute atomic E-state index is 12.0. The van der Waals surface area contributed by atoms with Gasteiger partial charge in [-0.1, -0.05) is 11.6 Å². The van der Waals surface area contributed by atoms with Crippen molar-refractivity contribution in [2.24, 2.45) is 7.05 Å². The topological polar surface area (TPSA) is 60.3 Å². The van der Waals surface area contributed by atoms with E-state index in [0.717, 1.165) is 19.3 Å². The van der Waals surface area contributed by atoms with Crippen LogP contribution in [-0.2, 0) is 16.6 Å². The van der Waals surface area contributed by atoms with Gasteiger partial charge in [0.25, 0.3) is 5.91 Å². The number of amides is 1. The predicted molar refractivity (Wildman–Crippen MR) is 84.5 cm³/mol. The molecule has 120 valence electrons. The average molecular weight is 304 g/mol. The molecule has 0 spiro atoms. The highest BCUT2D eigenvalue weighted by atomic mass is 16.5. The van der Waals surface area contributed by atoms with Crippen LogP contribution in [0.1, 0.15) is 49.5 Å². The van der Waals surface area contributed by atoms with Gasteiger partial charge in [-0.25, -0.2) is 4.79 Å². The molecule has 22 heavy (non-hydrogen) atoms. The Bertz CT molecular complexity index is 560. The summed E-state index contributed by atoms with van der Waals surface area (Å²) in [5.41, 5.74) is 1.85. The lowest BCUT2D eigenvalue weighted by atomic mass is 9.97. The number of aromatic nitrogens is 1. The van der Waals surface area contributed by atoms with E-state index in [4.69, 9.17) is 4.74 Å². The third-order valence-corrected chi connectivity index (χ3v) is 3.94. The van der Waals surface area contributed by atoms with Gasteiger partial charge >= 0.3 is 5.97 Å². The number of carbonyl (C=O) groups excluding carboxylic acids is 2. The molecule has 0 bridgehead atoms. The van der Waals surface area contributed by atoms with Crippen molar-refractivity contribution in [2.45, 2.75) is 45.1 Å². The summed E-state index contributed by atoms with van der Waals surface area (Å²) in [7, 11) is 1.76. The second-order valence-corrected chi connectivity index (χ2v) is 5.70. The van der Waals surface area contributed by atoms with E-state index in [1.807, 2.05) is 0 Å². The van der Waals surface area contributed by atoms with Gasteiger partial charge in [0.15, 0.2) is 6.10 Å². The van der Waals surface area contributed by atoms with Gasteiger partial charge in [0.1, 0.15) is 5.69 Å². The van der Waals surface area contributed by atoms with E-state index in [2.05, 4.69) is 11.4 Å². The van der Waals surface area contributed by atoms with Crippen LogP contribution in [0.25, 0.3) is 0 Å². The second kappa shape index (κ2) is 7.82. The number of rotatable bonds is 6.